The maximum absolute atomic E-state index is 13.0. The zero-order valence-electron chi connectivity index (χ0n) is 15.9. The van der Waals surface area contributed by atoms with Crippen molar-refractivity contribution in [3.05, 3.63) is 71.3 Å². The minimum absolute atomic E-state index is 0.116. The first kappa shape index (κ1) is 18.3. The van der Waals surface area contributed by atoms with Gasteiger partial charge in [0.2, 0.25) is 0 Å². The molecule has 2 amide bonds. The van der Waals surface area contributed by atoms with Gasteiger partial charge in [0.1, 0.15) is 6.61 Å². The third-order valence-electron chi connectivity index (χ3n) is 5.53. The molecule has 0 saturated carbocycles. The van der Waals surface area contributed by atoms with Crippen molar-refractivity contribution < 1.29 is 19.1 Å². The third-order valence-corrected chi connectivity index (χ3v) is 5.53. The highest BCUT2D eigenvalue weighted by atomic mass is 16.8. The molecule has 2 heterocycles. The van der Waals surface area contributed by atoms with Gasteiger partial charge in [-0.2, -0.15) is 0 Å². The normalized spacial score (nSPS) is 19.0. The summed E-state index contributed by atoms with van der Waals surface area (Å²) in [4.78, 5) is 26.0. The number of nitrogens with zero attached hydrogens (tertiary/aromatic N) is 1. The van der Waals surface area contributed by atoms with Crippen LogP contribution in [-0.4, -0.2) is 42.4 Å². The molecule has 2 aromatic carbocycles. The smallest absolute Gasteiger partial charge is 0.430 e. The van der Waals surface area contributed by atoms with Gasteiger partial charge >= 0.3 is 12.2 Å². The van der Waals surface area contributed by atoms with E-state index in [4.69, 9.17) is 9.47 Å². The number of amides is 2. The van der Waals surface area contributed by atoms with Gasteiger partial charge in [-0.15, -0.1) is 0 Å². The Labute approximate surface area is 164 Å². The Morgan fingerprint density at radius 3 is 2.29 bits per heavy atom. The van der Waals surface area contributed by atoms with Gasteiger partial charge in [0.25, 0.3) is 0 Å². The molecule has 0 aromatic heterocycles. The van der Waals surface area contributed by atoms with E-state index < -0.39 is 11.8 Å². The highest BCUT2D eigenvalue weighted by Gasteiger charge is 2.45. The van der Waals surface area contributed by atoms with E-state index in [2.05, 4.69) is 17.4 Å². The number of nitrogens with one attached hydrogen (secondary N) is 1. The number of hydrogen-bond acceptors (Lipinski definition) is 4. The molecular formula is C22H24N2O4. The van der Waals surface area contributed by atoms with Crippen LogP contribution in [0.2, 0.25) is 0 Å². The summed E-state index contributed by atoms with van der Waals surface area (Å²) >= 11 is 0. The first-order chi connectivity index (χ1) is 13.5. The Kier molecular flexibility index (Phi) is 4.94. The quantitative estimate of drug-likeness (QED) is 0.823. The van der Waals surface area contributed by atoms with Crippen LogP contribution in [0.3, 0.4) is 0 Å². The monoisotopic (exact) mass is 380 g/mol. The second-order valence-corrected chi connectivity index (χ2v) is 7.51. The number of urea groups is 1. The number of aryl methyl sites for hydroxylation is 1. The summed E-state index contributed by atoms with van der Waals surface area (Å²) in [6.07, 6.45) is 0.570. The minimum atomic E-state index is -0.610. The standard InChI is InChI=1S/C22H24N2O4/c1-16-7-9-18(10-8-16)19(17-5-3-2-4-6-17)23-20(25)24-13-11-22(12-14-24)15-27-21(26)28-22/h2-10,19H,11-15H2,1H3,(H,23,25)/t19-/m0/s1. The average Bonchev–Trinajstić information content (AvgIpc) is 3.08. The van der Waals surface area contributed by atoms with Gasteiger partial charge in [0.05, 0.1) is 6.04 Å². The number of cyclic esters (lactones) is 1. The van der Waals surface area contributed by atoms with E-state index in [0.717, 1.165) is 11.1 Å². The van der Waals surface area contributed by atoms with Crippen molar-refractivity contribution in [2.45, 2.75) is 31.4 Å². The van der Waals surface area contributed by atoms with Gasteiger partial charge in [-0.05, 0) is 18.1 Å². The molecule has 0 radical (unpaired) electrons. The van der Waals surface area contributed by atoms with Crippen molar-refractivity contribution in [2.24, 2.45) is 0 Å². The fraction of sp³-hybridized carbons (Fsp3) is 0.364. The fourth-order valence-corrected chi connectivity index (χ4v) is 3.77. The van der Waals surface area contributed by atoms with E-state index in [9.17, 15) is 9.59 Å². The highest BCUT2D eigenvalue weighted by molar-refractivity contribution is 5.75. The molecule has 0 bridgehead atoms. The number of carbonyl (C=O) groups is 2. The molecule has 146 valence electrons. The summed E-state index contributed by atoms with van der Waals surface area (Å²) in [6, 6.07) is 17.8. The summed E-state index contributed by atoms with van der Waals surface area (Å²) in [5, 5.41) is 3.17. The summed E-state index contributed by atoms with van der Waals surface area (Å²) in [5.74, 6) is 0. The van der Waals surface area contributed by atoms with Crippen molar-refractivity contribution in [1.29, 1.82) is 0 Å². The fourth-order valence-electron chi connectivity index (χ4n) is 3.77. The Morgan fingerprint density at radius 2 is 1.68 bits per heavy atom. The summed E-state index contributed by atoms with van der Waals surface area (Å²) < 4.78 is 10.3. The lowest BCUT2D eigenvalue weighted by atomic mass is 9.92. The van der Waals surface area contributed by atoms with Crippen LogP contribution in [0.25, 0.3) is 0 Å². The Hall–Kier alpha value is -3.02. The van der Waals surface area contributed by atoms with E-state index in [-0.39, 0.29) is 18.7 Å². The van der Waals surface area contributed by atoms with Crippen LogP contribution in [0.5, 0.6) is 0 Å². The Balaban J connectivity index is 1.47. The number of ether oxygens (including phenoxy) is 2. The average molecular weight is 380 g/mol. The summed E-state index contributed by atoms with van der Waals surface area (Å²) in [6.45, 7) is 3.37. The number of likely N-dealkylation sites (tertiary alicyclic amines) is 1. The van der Waals surface area contributed by atoms with E-state index in [0.29, 0.717) is 25.9 Å². The van der Waals surface area contributed by atoms with E-state index in [1.807, 2.05) is 49.4 Å². The van der Waals surface area contributed by atoms with Gasteiger partial charge in [-0.3, -0.25) is 0 Å². The van der Waals surface area contributed by atoms with Gasteiger partial charge in [0, 0.05) is 25.9 Å². The van der Waals surface area contributed by atoms with Crippen LogP contribution in [-0.2, 0) is 9.47 Å². The molecule has 2 saturated heterocycles. The van der Waals surface area contributed by atoms with Crippen molar-refractivity contribution in [3.63, 3.8) is 0 Å². The van der Waals surface area contributed by atoms with Crippen LogP contribution in [0, 0.1) is 6.92 Å². The number of rotatable bonds is 3. The van der Waals surface area contributed by atoms with Crippen molar-refractivity contribution in [3.8, 4) is 0 Å². The summed E-state index contributed by atoms with van der Waals surface area (Å²) in [5.41, 5.74) is 2.68. The third kappa shape index (κ3) is 3.81. The van der Waals surface area contributed by atoms with Crippen molar-refractivity contribution in [2.75, 3.05) is 19.7 Å². The maximum Gasteiger partial charge on any atom is 0.509 e. The Morgan fingerprint density at radius 1 is 1.04 bits per heavy atom. The summed E-state index contributed by atoms with van der Waals surface area (Å²) in [7, 11) is 0. The zero-order valence-corrected chi connectivity index (χ0v) is 15.9. The zero-order chi connectivity index (χ0) is 19.6. The molecule has 2 aliphatic heterocycles. The molecule has 2 aliphatic rings. The first-order valence-electron chi connectivity index (χ1n) is 9.57. The maximum atomic E-state index is 13.0. The van der Waals surface area contributed by atoms with Gasteiger partial charge < -0.3 is 19.7 Å². The Bertz CT molecular complexity index is 843. The topological polar surface area (TPSA) is 67.9 Å². The number of hydrogen-bond donors (Lipinski definition) is 1. The molecule has 1 N–H and O–H groups in total. The number of carbonyl (C=O) groups excluding carboxylic acids is 2. The van der Waals surface area contributed by atoms with Crippen LogP contribution in [0.4, 0.5) is 9.59 Å². The molecule has 1 atom stereocenters. The molecule has 0 aliphatic carbocycles. The van der Waals surface area contributed by atoms with Crippen LogP contribution < -0.4 is 5.32 Å². The number of piperidine rings is 1. The second kappa shape index (κ2) is 7.54. The number of benzene rings is 2. The van der Waals surface area contributed by atoms with Crippen LogP contribution in [0.15, 0.2) is 54.6 Å². The van der Waals surface area contributed by atoms with Crippen LogP contribution in [0.1, 0.15) is 35.6 Å². The molecule has 2 aromatic rings. The molecule has 1 spiro atoms. The molecular weight excluding hydrogens is 356 g/mol. The van der Waals surface area contributed by atoms with Crippen molar-refractivity contribution >= 4 is 12.2 Å². The lowest BCUT2D eigenvalue weighted by Crippen LogP contribution is -2.51. The highest BCUT2D eigenvalue weighted by Crippen LogP contribution is 2.32. The van der Waals surface area contributed by atoms with Crippen molar-refractivity contribution in [1.82, 2.24) is 10.2 Å². The van der Waals surface area contributed by atoms with Gasteiger partial charge in [-0.25, -0.2) is 9.59 Å². The minimum Gasteiger partial charge on any atom is -0.430 e. The van der Waals surface area contributed by atoms with Crippen LogP contribution >= 0.6 is 0 Å². The van der Waals surface area contributed by atoms with Gasteiger partial charge in [-0.1, -0.05) is 60.2 Å². The van der Waals surface area contributed by atoms with E-state index in [1.165, 1.54) is 5.56 Å². The molecule has 28 heavy (non-hydrogen) atoms. The second-order valence-electron chi connectivity index (χ2n) is 7.51. The predicted octanol–water partition coefficient (Wildman–Crippen LogP) is 3.80. The lowest BCUT2D eigenvalue weighted by molar-refractivity contribution is 0.00921. The van der Waals surface area contributed by atoms with Gasteiger partial charge in [0.15, 0.2) is 5.60 Å². The van der Waals surface area contributed by atoms with E-state index in [1.54, 1.807) is 4.90 Å². The largest absolute Gasteiger partial charge is 0.509 e. The molecule has 0 unspecified atom stereocenters. The molecule has 2 fully saturated rings. The lowest BCUT2D eigenvalue weighted by Gasteiger charge is -2.37. The molecule has 4 rings (SSSR count). The molecule has 6 heteroatoms. The first-order valence-corrected chi connectivity index (χ1v) is 9.57. The molecule has 6 nitrogen and oxygen atoms in total. The van der Waals surface area contributed by atoms with E-state index >= 15 is 0 Å². The SMILES string of the molecule is Cc1ccc([C@@H](NC(=O)N2CCC3(CC2)COC(=O)O3)c2ccccc2)cc1. The predicted molar refractivity (Wildman–Crippen MR) is 104 cm³/mol.